The number of ether oxygens (including phenoxy) is 1. The molecule has 124 valence electrons. The molecular formula is C17H27NO3S. The summed E-state index contributed by atoms with van der Waals surface area (Å²) in [4.78, 5) is 0.304. The fourth-order valence-electron chi connectivity index (χ4n) is 3.16. The molecule has 1 saturated heterocycles. The van der Waals surface area contributed by atoms with Crippen molar-refractivity contribution in [3.8, 4) is 5.75 Å². The van der Waals surface area contributed by atoms with Crippen molar-refractivity contribution in [3.05, 3.63) is 23.3 Å². The molecule has 0 aliphatic carbocycles. The molecule has 1 aromatic rings. The van der Waals surface area contributed by atoms with E-state index in [0.717, 1.165) is 24.0 Å². The number of rotatable bonds is 4. The minimum Gasteiger partial charge on any atom is -0.495 e. The highest BCUT2D eigenvalue weighted by Gasteiger charge is 2.31. The highest BCUT2D eigenvalue weighted by Crippen LogP contribution is 2.34. The van der Waals surface area contributed by atoms with Crippen molar-refractivity contribution >= 4 is 10.0 Å². The first-order chi connectivity index (χ1) is 10.3. The molecule has 1 aliphatic heterocycles. The summed E-state index contributed by atoms with van der Waals surface area (Å²) >= 11 is 0. The van der Waals surface area contributed by atoms with Gasteiger partial charge in [-0.2, -0.15) is 4.31 Å². The lowest BCUT2D eigenvalue weighted by atomic mass is 9.98. The Morgan fingerprint density at radius 3 is 2.55 bits per heavy atom. The van der Waals surface area contributed by atoms with Crippen molar-refractivity contribution in [2.24, 2.45) is 5.92 Å². The van der Waals surface area contributed by atoms with Crippen LogP contribution in [0.1, 0.15) is 50.7 Å². The van der Waals surface area contributed by atoms with E-state index in [0.29, 0.717) is 29.7 Å². The fraction of sp³-hybridized carbons (Fsp3) is 0.647. The molecule has 4 nitrogen and oxygen atoms in total. The summed E-state index contributed by atoms with van der Waals surface area (Å²) in [5.41, 5.74) is 2.13. The summed E-state index contributed by atoms with van der Waals surface area (Å²) in [5, 5.41) is 0. The van der Waals surface area contributed by atoms with Crippen LogP contribution in [0.15, 0.2) is 17.0 Å². The summed E-state index contributed by atoms with van der Waals surface area (Å²) < 4.78 is 33.1. The maximum Gasteiger partial charge on any atom is 0.246 e. The van der Waals surface area contributed by atoms with Gasteiger partial charge in [-0.25, -0.2) is 8.42 Å². The van der Waals surface area contributed by atoms with E-state index in [-0.39, 0.29) is 5.92 Å². The summed E-state index contributed by atoms with van der Waals surface area (Å²) in [5.74, 6) is 1.13. The maximum atomic E-state index is 13.0. The largest absolute Gasteiger partial charge is 0.495 e. The fourth-order valence-corrected chi connectivity index (χ4v) is 4.93. The zero-order chi connectivity index (χ0) is 16.5. The molecule has 22 heavy (non-hydrogen) atoms. The SMILES string of the molecule is COc1cc(C)c(C(C)C)cc1S(=O)(=O)N1CCC[C@@H](C)C1. The average molecular weight is 325 g/mol. The predicted octanol–water partition coefficient (Wildman–Crippen LogP) is 3.55. The van der Waals surface area contributed by atoms with Gasteiger partial charge in [0.05, 0.1) is 7.11 Å². The van der Waals surface area contributed by atoms with E-state index in [1.807, 2.05) is 13.0 Å². The van der Waals surface area contributed by atoms with Crippen LogP contribution >= 0.6 is 0 Å². The number of hydrogen-bond acceptors (Lipinski definition) is 3. The number of aryl methyl sites for hydroxylation is 1. The molecule has 5 heteroatoms. The second-order valence-electron chi connectivity index (χ2n) is 6.62. The van der Waals surface area contributed by atoms with Crippen LogP contribution in [0, 0.1) is 12.8 Å². The molecule has 1 heterocycles. The molecule has 0 radical (unpaired) electrons. The monoisotopic (exact) mass is 325 g/mol. The van der Waals surface area contributed by atoms with Gasteiger partial charge in [0.15, 0.2) is 0 Å². The number of benzene rings is 1. The first kappa shape index (κ1) is 17.3. The Morgan fingerprint density at radius 2 is 2.00 bits per heavy atom. The third kappa shape index (κ3) is 3.30. The summed E-state index contributed by atoms with van der Waals surface area (Å²) in [7, 11) is -1.97. The van der Waals surface area contributed by atoms with Gasteiger partial charge < -0.3 is 4.74 Å². The van der Waals surface area contributed by atoms with E-state index in [9.17, 15) is 8.42 Å². The van der Waals surface area contributed by atoms with E-state index >= 15 is 0 Å². The highest BCUT2D eigenvalue weighted by molar-refractivity contribution is 7.89. The molecule has 0 N–H and O–H groups in total. The first-order valence-corrected chi connectivity index (χ1v) is 9.40. The number of piperidine rings is 1. The van der Waals surface area contributed by atoms with Crippen LogP contribution in [0.2, 0.25) is 0 Å². The van der Waals surface area contributed by atoms with Crippen LogP contribution in [0.4, 0.5) is 0 Å². The van der Waals surface area contributed by atoms with Crippen LogP contribution in [0.25, 0.3) is 0 Å². The third-order valence-electron chi connectivity index (χ3n) is 4.41. The van der Waals surface area contributed by atoms with E-state index in [2.05, 4.69) is 20.8 Å². The second kappa shape index (κ2) is 6.59. The molecule has 0 amide bonds. The molecule has 0 saturated carbocycles. The molecule has 1 atom stereocenters. The molecule has 1 fully saturated rings. The number of hydrogen-bond donors (Lipinski definition) is 0. The van der Waals surface area contributed by atoms with Gasteiger partial charge in [-0.3, -0.25) is 0 Å². The van der Waals surface area contributed by atoms with Crippen molar-refractivity contribution in [1.29, 1.82) is 0 Å². The Kier molecular flexibility index (Phi) is 5.17. The molecular weight excluding hydrogens is 298 g/mol. The van der Waals surface area contributed by atoms with Gasteiger partial charge in [0.1, 0.15) is 10.6 Å². The first-order valence-electron chi connectivity index (χ1n) is 7.96. The lowest BCUT2D eigenvalue weighted by molar-refractivity contribution is 0.280. The van der Waals surface area contributed by atoms with Crippen molar-refractivity contribution in [1.82, 2.24) is 4.31 Å². The van der Waals surface area contributed by atoms with Gasteiger partial charge >= 0.3 is 0 Å². The maximum absolute atomic E-state index is 13.0. The molecule has 0 unspecified atom stereocenters. The second-order valence-corrected chi connectivity index (χ2v) is 8.53. The Hall–Kier alpha value is -1.07. The lowest BCUT2D eigenvalue weighted by Crippen LogP contribution is -2.39. The van der Waals surface area contributed by atoms with Crippen LogP contribution in [-0.4, -0.2) is 32.9 Å². The van der Waals surface area contributed by atoms with E-state index in [1.165, 1.54) is 7.11 Å². The summed E-state index contributed by atoms with van der Waals surface area (Å²) in [6.07, 6.45) is 2.01. The Labute approximate surface area is 134 Å². The summed E-state index contributed by atoms with van der Waals surface area (Å²) in [6, 6.07) is 3.64. The van der Waals surface area contributed by atoms with Crippen LogP contribution < -0.4 is 4.74 Å². The van der Waals surface area contributed by atoms with Gasteiger partial charge in [-0.05, 0) is 54.9 Å². The average Bonchev–Trinajstić information content (AvgIpc) is 2.46. The minimum absolute atomic E-state index is 0.278. The smallest absolute Gasteiger partial charge is 0.246 e. The van der Waals surface area contributed by atoms with Crippen LogP contribution in [0.3, 0.4) is 0 Å². The topological polar surface area (TPSA) is 46.6 Å². The van der Waals surface area contributed by atoms with Crippen LogP contribution in [0.5, 0.6) is 5.75 Å². The molecule has 0 spiro atoms. The Balaban J connectivity index is 2.51. The third-order valence-corrected chi connectivity index (χ3v) is 6.30. The Bertz CT molecular complexity index is 638. The van der Waals surface area contributed by atoms with Crippen molar-refractivity contribution in [2.45, 2.75) is 51.3 Å². The number of nitrogens with zero attached hydrogens (tertiary/aromatic N) is 1. The van der Waals surface area contributed by atoms with Gasteiger partial charge in [0, 0.05) is 13.1 Å². The van der Waals surface area contributed by atoms with Crippen LogP contribution in [-0.2, 0) is 10.0 Å². The summed E-state index contributed by atoms with van der Waals surface area (Å²) in [6.45, 7) is 9.45. The van der Waals surface area contributed by atoms with Crippen molar-refractivity contribution < 1.29 is 13.2 Å². The molecule has 2 rings (SSSR count). The standard InChI is InChI=1S/C17H27NO3S/c1-12(2)15-10-17(16(21-5)9-14(15)4)22(19,20)18-8-6-7-13(3)11-18/h9-10,12-13H,6-8,11H2,1-5H3/t13-/m1/s1. The zero-order valence-corrected chi connectivity index (χ0v) is 15.0. The molecule has 0 bridgehead atoms. The van der Waals surface area contributed by atoms with E-state index in [1.54, 1.807) is 10.4 Å². The van der Waals surface area contributed by atoms with Crippen molar-refractivity contribution in [2.75, 3.05) is 20.2 Å². The van der Waals surface area contributed by atoms with Crippen molar-refractivity contribution in [3.63, 3.8) is 0 Å². The normalized spacial score (nSPS) is 20.4. The highest BCUT2D eigenvalue weighted by atomic mass is 32.2. The Morgan fingerprint density at radius 1 is 1.32 bits per heavy atom. The molecule has 0 aromatic heterocycles. The van der Waals surface area contributed by atoms with E-state index in [4.69, 9.17) is 4.74 Å². The number of methoxy groups -OCH3 is 1. The predicted molar refractivity (Wildman–Crippen MR) is 89.0 cm³/mol. The molecule has 1 aromatic carbocycles. The molecule has 1 aliphatic rings. The minimum atomic E-state index is -3.50. The van der Waals surface area contributed by atoms with E-state index < -0.39 is 10.0 Å². The number of sulfonamides is 1. The van der Waals surface area contributed by atoms with Gasteiger partial charge in [0.25, 0.3) is 0 Å². The zero-order valence-electron chi connectivity index (χ0n) is 14.2. The van der Waals surface area contributed by atoms with Gasteiger partial charge in [-0.1, -0.05) is 20.8 Å². The van der Waals surface area contributed by atoms with Gasteiger partial charge in [-0.15, -0.1) is 0 Å². The quantitative estimate of drug-likeness (QED) is 0.850. The lowest BCUT2D eigenvalue weighted by Gasteiger charge is -2.30. The van der Waals surface area contributed by atoms with Gasteiger partial charge in [0.2, 0.25) is 10.0 Å².